The normalized spacial score (nSPS) is 20.7. The number of hydrogen-bond donors (Lipinski definition) is 1. The highest BCUT2D eigenvalue weighted by Gasteiger charge is 2.51. The van der Waals surface area contributed by atoms with E-state index >= 15 is 0 Å². The highest BCUT2D eigenvalue weighted by Crippen LogP contribution is 2.34. The fraction of sp³-hybridized carbons (Fsp3) is 0.250. The van der Waals surface area contributed by atoms with Gasteiger partial charge in [-0.3, -0.25) is 14.5 Å². The van der Waals surface area contributed by atoms with Gasteiger partial charge < -0.3 is 14.8 Å². The molecule has 1 fully saturated rings. The van der Waals surface area contributed by atoms with Gasteiger partial charge in [0.05, 0.1) is 6.54 Å². The van der Waals surface area contributed by atoms with E-state index < -0.39 is 17.5 Å². The van der Waals surface area contributed by atoms with Crippen LogP contribution in [0.1, 0.15) is 29.3 Å². The van der Waals surface area contributed by atoms with Crippen LogP contribution in [-0.2, 0) is 10.3 Å². The molecule has 2 aromatic carbocycles. The summed E-state index contributed by atoms with van der Waals surface area (Å²) in [5.74, 6) is 0.271. The summed E-state index contributed by atoms with van der Waals surface area (Å²) in [4.78, 5) is 39.2. The maximum absolute atomic E-state index is 13.1. The number of amides is 3. The van der Waals surface area contributed by atoms with Crippen LogP contribution in [0, 0.1) is 0 Å². The van der Waals surface area contributed by atoms with Crippen LogP contribution >= 0.6 is 0 Å². The summed E-state index contributed by atoms with van der Waals surface area (Å²) in [6, 6.07) is 13.3. The van der Waals surface area contributed by atoms with Crippen LogP contribution < -0.4 is 14.8 Å². The Morgan fingerprint density at radius 1 is 1.11 bits per heavy atom. The maximum Gasteiger partial charge on any atom is 0.325 e. The second-order valence-electron chi connectivity index (χ2n) is 6.44. The number of benzene rings is 2. The molecule has 3 amide bonds. The minimum atomic E-state index is -1.15. The van der Waals surface area contributed by atoms with Crippen LogP contribution in [0.4, 0.5) is 4.79 Å². The predicted octanol–water partition coefficient (Wildman–Crippen LogP) is 2.46. The number of nitrogens with zero attached hydrogens (tertiary/aromatic N) is 1. The lowest BCUT2D eigenvalue weighted by Crippen LogP contribution is -2.43. The number of rotatable bonds is 5. The molecule has 0 bridgehead atoms. The molecule has 0 unspecified atom stereocenters. The van der Waals surface area contributed by atoms with E-state index in [0.29, 0.717) is 29.0 Å². The van der Waals surface area contributed by atoms with Crippen molar-refractivity contribution in [2.24, 2.45) is 0 Å². The highest BCUT2D eigenvalue weighted by molar-refractivity contribution is 6.11. The standard InChI is InChI=1S/C20H18N2O5/c1-2-20(14-6-4-3-5-7-14)18(24)22(19(25)21-20)11-15(23)13-8-9-16-17(10-13)27-12-26-16/h3-10H,2,11-12H2,1H3,(H,21,25)/t20-/m1/s1. The maximum atomic E-state index is 13.1. The first kappa shape index (κ1) is 17.1. The Balaban J connectivity index is 1.58. The van der Waals surface area contributed by atoms with Gasteiger partial charge in [0.2, 0.25) is 6.79 Å². The molecule has 2 aromatic rings. The Hall–Kier alpha value is -3.35. The van der Waals surface area contributed by atoms with Gasteiger partial charge in [0.1, 0.15) is 5.54 Å². The summed E-state index contributed by atoms with van der Waals surface area (Å²) >= 11 is 0. The van der Waals surface area contributed by atoms with Crippen LogP contribution in [-0.4, -0.2) is 36.0 Å². The largest absolute Gasteiger partial charge is 0.454 e. The summed E-state index contributed by atoms with van der Waals surface area (Å²) in [6.07, 6.45) is 0.385. The molecule has 2 aliphatic rings. The van der Waals surface area contributed by atoms with Gasteiger partial charge >= 0.3 is 6.03 Å². The number of nitrogens with one attached hydrogen (secondary N) is 1. The summed E-state index contributed by atoms with van der Waals surface area (Å²) in [7, 11) is 0. The molecule has 0 spiro atoms. The second kappa shape index (κ2) is 6.42. The number of fused-ring (bicyclic) bond motifs is 1. The van der Waals surface area contributed by atoms with Gasteiger partial charge in [-0.25, -0.2) is 4.79 Å². The van der Waals surface area contributed by atoms with Crippen molar-refractivity contribution in [3.63, 3.8) is 0 Å². The van der Waals surface area contributed by atoms with Gasteiger partial charge in [0.25, 0.3) is 5.91 Å². The van der Waals surface area contributed by atoms with E-state index in [9.17, 15) is 14.4 Å². The number of hydrogen-bond acceptors (Lipinski definition) is 5. The van der Waals surface area contributed by atoms with Gasteiger partial charge in [0, 0.05) is 5.56 Å². The summed E-state index contributed by atoms with van der Waals surface area (Å²) < 4.78 is 10.5. The van der Waals surface area contributed by atoms with E-state index in [-0.39, 0.29) is 19.1 Å². The average molecular weight is 366 g/mol. The van der Waals surface area contributed by atoms with Crippen molar-refractivity contribution in [2.75, 3.05) is 13.3 Å². The zero-order chi connectivity index (χ0) is 19.0. The zero-order valence-electron chi connectivity index (χ0n) is 14.7. The van der Waals surface area contributed by atoms with Gasteiger partial charge in [-0.1, -0.05) is 37.3 Å². The smallest absolute Gasteiger partial charge is 0.325 e. The number of urea groups is 1. The molecule has 0 aliphatic carbocycles. The third kappa shape index (κ3) is 2.71. The molecular weight excluding hydrogens is 348 g/mol. The Morgan fingerprint density at radius 3 is 2.59 bits per heavy atom. The van der Waals surface area contributed by atoms with Gasteiger partial charge in [0.15, 0.2) is 17.3 Å². The second-order valence-corrected chi connectivity index (χ2v) is 6.44. The average Bonchev–Trinajstić information content (AvgIpc) is 3.26. The van der Waals surface area contributed by atoms with Crippen molar-refractivity contribution in [1.82, 2.24) is 10.2 Å². The number of carbonyl (C=O) groups is 3. The third-order valence-electron chi connectivity index (χ3n) is 4.97. The number of imide groups is 1. The monoisotopic (exact) mass is 366 g/mol. The molecule has 4 rings (SSSR count). The van der Waals surface area contributed by atoms with Crippen molar-refractivity contribution >= 4 is 17.7 Å². The van der Waals surface area contributed by atoms with Crippen LogP contribution in [0.2, 0.25) is 0 Å². The molecule has 138 valence electrons. The van der Waals surface area contributed by atoms with Crippen LogP contribution in [0.15, 0.2) is 48.5 Å². The lowest BCUT2D eigenvalue weighted by molar-refractivity contribution is -0.131. The van der Waals surface area contributed by atoms with Gasteiger partial charge in [-0.2, -0.15) is 0 Å². The Bertz CT molecular complexity index is 927. The molecule has 0 radical (unpaired) electrons. The van der Waals surface area contributed by atoms with Crippen molar-refractivity contribution in [1.29, 1.82) is 0 Å². The van der Waals surface area contributed by atoms with E-state index in [1.54, 1.807) is 30.3 Å². The molecule has 7 nitrogen and oxygen atoms in total. The van der Waals surface area contributed by atoms with Gasteiger partial charge in [-0.05, 0) is 30.2 Å². The number of ketones is 1. The Labute approximate surface area is 155 Å². The van der Waals surface area contributed by atoms with Crippen molar-refractivity contribution in [2.45, 2.75) is 18.9 Å². The lowest BCUT2D eigenvalue weighted by Gasteiger charge is -2.25. The fourth-order valence-electron chi connectivity index (χ4n) is 3.44. The number of ether oxygens (including phenoxy) is 2. The zero-order valence-corrected chi connectivity index (χ0v) is 14.7. The lowest BCUT2D eigenvalue weighted by atomic mass is 9.87. The number of Topliss-reactive ketones (excluding diaryl/α,β-unsaturated/α-hetero) is 1. The van der Waals surface area contributed by atoms with E-state index in [4.69, 9.17) is 9.47 Å². The Kier molecular flexibility index (Phi) is 4.07. The molecule has 1 saturated heterocycles. The first-order chi connectivity index (χ1) is 13.0. The molecule has 1 atom stereocenters. The molecule has 7 heteroatoms. The van der Waals surface area contributed by atoms with Crippen molar-refractivity contribution in [3.05, 3.63) is 59.7 Å². The van der Waals surface area contributed by atoms with Crippen LogP contribution in [0.25, 0.3) is 0 Å². The topological polar surface area (TPSA) is 84.9 Å². The molecule has 0 aromatic heterocycles. The quantitative estimate of drug-likeness (QED) is 0.649. The fourth-order valence-corrected chi connectivity index (χ4v) is 3.44. The first-order valence-electron chi connectivity index (χ1n) is 8.67. The van der Waals surface area contributed by atoms with Crippen molar-refractivity contribution in [3.8, 4) is 11.5 Å². The summed E-state index contributed by atoms with van der Waals surface area (Å²) in [5, 5.41) is 2.77. The van der Waals surface area contributed by atoms with Crippen LogP contribution in [0.3, 0.4) is 0 Å². The molecule has 2 heterocycles. The number of carbonyl (C=O) groups excluding carboxylic acids is 3. The SMILES string of the molecule is CC[C@]1(c2ccccc2)NC(=O)N(CC(=O)c2ccc3c(c2)OCO3)C1=O. The Morgan fingerprint density at radius 2 is 1.85 bits per heavy atom. The summed E-state index contributed by atoms with van der Waals surface area (Å²) in [6.45, 7) is 1.60. The minimum absolute atomic E-state index is 0.107. The molecule has 27 heavy (non-hydrogen) atoms. The van der Waals surface area contributed by atoms with Crippen molar-refractivity contribution < 1.29 is 23.9 Å². The molecule has 2 aliphatic heterocycles. The van der Waals surface area contributed by atoms with E-state index in [1.807, 2.05) is 25.1 Å². The first-order valence-corrected chi connectivity index (χ1v) is 8.67. The molecule has 0 saturated carbocycles. The van der Waals surface area contributed by atoms with Gasteiger partial charge in [-0.15, -0.1) is 0 Å². The van der Waals surface area contributed by atoms with E-state index in [2.05, 4.69) is 5.32 Å². The minimum Gasteiger partial charge on any atom is -0.454 e. The van der Waals surface area contributed by atoms with E-state index in [0.717, 1.165) is 4.90 Å². The third-order valence-corrected chi connectivity index (χ3v) is 4.97. The highest BCUT2D eigenvalue weighted by atomic mass is 16.7. The molecular formula is C20H18N2O5. The summed E-state index contributed by atoms with van der Waals surface area (Å²) in [5.41, 5.74) is -0.0921. The van der Waals surface area contributed by atoms with E-state index in [1.165, 1.54) is 0 Å². The van der Waals surface area contributed by atoms with Crippen LogP contribution in [0.5, 0.6) is 11.5 Å². The predicted molar refractivity (Wildman–Crippen MR) is 95.6 cm³/mol. The molecule has 1 N–H and O–H groups in total.